The van der Waals surface area contributed by atoms with Crippen LogP contribution in [0.3, 0.4) is 0 Å². The predicted octanol–water partition coefficient (Wildman–Crippen LogP) is 3.88. The van der Waals surface area contributed by atoms with Gasteiger partial charge in [-0.25, -0.2) is 0 Å². The monoisotopic (exact) mass is 255 g/mol. The zero-order chi connectivity index (χ0) is 13.1. The normalized spacial score (nSPS) is 17.7. The van der Waals surface area contributed by atoms with Crippen molar-refractivity contribution in [2.45, 2.75) is 37.6 Å². The van der Waals surface area contributed by atoms with Crippen LogP contribution < -0.4 is 10.5 Å². The van der Waals surface area contributed by atoms with Gasteiger partial charge in [0.2, 0.25) is 0 Å². The summed E-state index contributed by atoms with van der Waals surface area (Å²) in [6.45, 7) is 0.717. The number of fused-ring (bicyclic) bond motifs is 1. The third-order valence-electron chi connectivity index (χ3n) is 4.19. The van der Waals surface area contributed by atoms with Crippen molar-refractivity contribution in [1.82, 2.24) is 0 Å². The van der Waals surface area contributed by atoms with Gasteiger partial charge in [-0.3, -0.25) is 0 Å². The highest BCUT2D eigenvalue weighted by Crippen LogP contribution is 2.30. The molecule has 2 heteroatoms. The standard InChI is InChI=1S/C17H21NO/c18-17(9-3-4-10-17)11-12-19-16-8-7-14-5-1-2-6-15(14)13-16/h1-2,5-8,13H,3-4,9-12,18H2. The molecular formula is C17H21NO. The second-order valence-electron chi connectivity index (χ2n) is 5.68. The Labute approximate surface area is 114 Å². The first-order chi connectivity index (χ1) is 9.25. The average Bonchev–Trinajstić information content (AvgIpc) is 2.86. The van der Waals surface area contributed by atoms with E-state index in [1.807, 2.05) is 6.07 Å². The Morgan fingerprint density at radius 3 is 2.53 bits per heavy atom. The zero-order valence-corrected chi connectivity index (χ0v) is 11.3. The van der Waals surface area contributed by atoms with Gasteiger partial charge in [-0.2, -0.15) is 0 Å². The highest BCUT2D eigenvalue weighted by molar-refractivity contribution is 5.83. The summed E-state index contributed by atoms with van der Waals surface area (Å²) in [7, 11) is 0. The van der Waals surface area contributed by atoms with E-state index < -0.39 is 0 Å². The molecule has 2 aromatic carbocycles. The average molecular weight is 255 g/mol. The maximum atomic E-state index is 6.33. The molecule has 0 amide bonds. The molecule has 2 nitrogen and oxygen atoms in total. The Balaban J connectivity index is 1.62. The van der Waals surface area contributed by atoms with Crippen molar-refractivity contribution in [1.29, 1.82) is 0 Å². The van der Waals surface area contributed by atoms with E-state index in [1.165, 1.54) is 23.6 Å². The van der Waals surface area contributed by atoms with Crippen LogP contribution in [0, 0.1) is 0 Å². The Morgan fingerprint density at radius 1 is 1.00 bits per heavy atom. The van der Waals surface area contributed by atoms with Crippen molar-refractivity contribution in [3.05, 3.63) is 42.5 Å². The Morgan fingerprint density at radius 2 is 1.74 bits per heavy atom. The van der Waals surface area contributed by atoms with Crippen LogP contribution in [0.2, 0.25) is 0 Å². The minimum Gasteiger partial charge on any atom is -0.494 e. The van der Waals surface area contributed by atoms with Gasteiger partial charge in [0.15, 0.2) is 0 Å². The van der Waals surface area contributed by atoms with Gasteiger partial charge in [0.25, 0.3) is 0 Å². The van der Waals surface area contributed by atoms with Gasteiger partial charge in [-0.05, 0) is 42.2 Å². The smallest absolute Gasteiger partial charge is 0.119 e. The van der Waals surface area contributed by atoms with Crippen LogP contribution in [0.15, 0.2) is 42.5 Å². The molecule has 0 saturated heterocycles. The molecule has 0 radical (unpaired) electrons. The molecule has 0 atom stereocenters. The Hall–Kier alpha value is -1.54. The second kappa shape index (κ2) is 5.22. The highest BCUT2D eigenvalue weighted by atomic mass is 16.5. The van der Waals surface area contributed by atoms with Gasteiger partial charge in [0, 0.05) is 5.54 Å². The molecule has 0 bridgehead atoms. The zero-order valence-electron chi connectivity index (χ0n) is 11.3. The number of nitrogens with two attached hydrogens (primary N) is 1. The van der Waals surface area contributed by atoms with E-state index in [2.05, 4.69) is 36.4 Å². The minimum atomic E-state index is 0.0247. The van der Waals surface area contributed by atoms with Crippen molar-refractivity contribution < 1.29 is 4.74 Å². The molecule has 3 rings (SSSR count). The highest BCUT2D eigenvalue weighted by Gasteiger charge is 2.28. The van der Waals surface area contributed by atoms with Gasteiger partial charge >= 0.3 is 0 Å². The molecule has 1 aliphatic carbocycles. The number of rotatable bonds is 4. The summed E-state index contributed by atoms with van der Waals surface area (Å²) >= 11 is 0. The molecule has 2 aromatic rings. The maximum absolute atomic E-state index is 6.33. The lowest BCUT2D eigenvalue weighted by Gasteiger charge is -2.23. The fraction of sp³-hybridized carbons (Fsp3) is 0.412. The Kier molecular flexibility index (Phi) is 3.43. The SMILES string of the molecule is NC1(CCOc2ccc3ccccc3c2)CCCC1. The summed E-state index contributed by atoms with van der Waals surface area (Å²) in [5.41, 5.74) is 6.36. The first kappa shape index (κ1) is 12.5. The molecule has 1 aliphatic rings. The molecular weight excluding hydrogens is 234 g/mol. The van der Waals surface area contributed by atoms with Crippen LogP contribution in [0.25, 0.3) is 10.8 Å². The minimum absolute atomic E-state index is 0.0247. The van der Waals surface area contributed by atoms with Gasteiger partial charge in [0.05, 0.1) is 6.61 Å². The molecule has 0 unspecified atom stereocenters. The molecule has 100 valence electrons. The first-order valence-electron chi connectivity index (χ1n) is 7.16. The lowest BCUT2D eigenvalue weighted by molar-refractivity contribution is 0.258. The van der Waals surface area contributed by atoms with Crippen molar-refractivity contribution in [3.63, 3.8) is 0 Å². The molecule has 0 aliphatic heterocycles. The van der Waals surface area contributed by atoms with E-state index >= 15 is 0 Å². The fourth-order valence-corrected chi connectivity index (χ4v) is 2.96. The molecule has 1 fully saturated rings. The van der Waals surface area contributed by atoms with Crippen molar-refractivity contribution >= 4 is 10.8 Å². The van der Waals surface area contributed by atoms with Crippen LogP contribution in [-0.4, -0.2) is 12.1 Å². The van der Waals surface area contributed by atoms with Crippen molar-refractivity contribution in [2.24, 2.45) is 5.73 Å². The summed E-state index contributed by atoms with van der Waals surface area (Å²) < 4.78 is 5.86. The molecule has 1 saturated carbocycles. The maximum Gasteiger partial charge on any atom is 0.119 e. The van der Waals surface area contributed by atoms with E-state index in [-0.39, 0.29) is 5.54 Å². The van der Waals surface area contributed by atoms with E-state index in [1.54, 1.807) is 0 Å². The lowest BCUT2D eigenvalue weighted by atomic mass is 9.95. The molecule has 2 N–H and O–H groups in total. The number of hydrogen-bond donors (Lipinski definition) is 1. The molecule has 0 heterocycles. The molecule has 19 heavy (non-hydrogen) atoms. The number of ether oxygens (including phenoxy) is 1. The summed E-state index contributed by atoms with van der Waals surface area (Å²) in [4.78, 5) is 0. The quantitative estimate of drug-likeness (QED) is 0.899. The van der Waals surface area contributed by atoms with Crippen LogP contribution in [0.4, 0.5) is 0 Å². The van der Waals surface area contributed by atoms with Gasteiger partial charge < -0.3 is 10.5 Å². The van der Waals surface area contributed by atoms with Crippen LogP contribution >= 0.6 is 0 Å². The van der Waals surface area contributed by atoms with Crippen molar-refractivity contribution in [3.8, 4) is 5.75 Å². The fourth-order valence-electron chi connectivity index (χ4n) is 2.96. The van der Waals surface area contributed by atoms with E-state index in [9.17, 15) is 0 Å². The summed E-state index contributed by atoms with van der Waals surface area (Å²) in [6.07, 6.45) is 5.79. The van der Waals surface area contributed by atoms with Gasteiger partial charge in [-0.1, -0.05) is 43.2 Å². The first-order valence-corrected chi connectivity index (χ1v) is 7.16. The van der Waals surface area contributed by atoms with Gasteiger partial charge in [0.1, 0.15) is 5.75 Å². The topological polar surface area (TPSA) is 35.2 Å². The van der Waals surface area contributed by atoms with Gasteiger partial charge in [-0.15, -0.1) is 0 Å². The summed E-state index contributed by atoms with van der Waals surface area (Å²) in [5.74, 6) is 0.945. The van der Waals surface area contributed by atoms with E-state index in [0.717, 1.165) is 31.6 Å². The third kappa shape index (κ3) is 2.90. The lowest BCUT2D eigenvalue weighted by Crippen LogP contribution is -2.37. The van der Waals surface area contributed by atoms with Crippen LogP contribution in [-0.2, 0) is 0 Å². The predicted molar refractivity (Wildman–Crippen MR) is 79.4 cm³/mol. The summed E-state index contributed by atoms with van der Waals surface area (Å²) in [5, 5.41) is 2.48. The van der Waals surface area contributed by atoms with Crippen LogP contribution in [0.1, 0.15) is 32.1 Å². The number of hydrogen-bond acceptors (Lipinski definition) is 2. The van der Waals surface area contributed by atoms with Crippen molar-refractivity contribution in [2.75, 3.05) is 6.61 Å². The molecule has 0 aromatic heterocycles. The molecule has 0 spiro atoms. The third-order valence-corrected chi connectivity index (χ3v) is 4.19. The van der Waals surface area contributed by atoms with Crippen LogP contribution in [0.5, 0.6) is 5.75 Å². The largest absolute Gasteiger partial charge is 0.494 e. The van der Waals surface area contributed by atoms with E-state index in [0.29, 0.717) is 0 Å². The summed E-state index contributed by atoms with van der Waals surface area (Å²) in [6, 6.07) is 14.6. The van der Waals surface area contributed by atoms with E-state index in [4.69, 9.17) is 10.5 Å². The second-order valence-corrected chi connectivity index (χ2v) is 5.68. The Bertz CT molecular complexity index is 558. The number of benzene rings is 2.